The van der Waals surface area contributed by atoms with E-state index in [0.717, 1.165) is 29.2 Å². The number of ether oxygens (including phenoxy) is 1. The second kappa shape index (κ2) is 9.64. The van der Waals surface area contributed by atoms with Crippen molar-refractivity contribution in [3.63, 3.8) is 0 Å². The number of amides is 1. The van der Waals surface area contributed by atoms with Gasteiger partial charge in [0.15, 0.2) is 0 Å². The number of hydrogen-bond acceptors (Lipinski definition) is 4. The van der Waals surface area contributed by atoms with Crippen LogP contribution in [0, 0.1) is 11.3 Å². The van der Waals surface area contributed by atoms with Crippen molar-refractivity contribution in [2.45, 2.75) is 20.0 Å². The zero-order chi connectivity index (χ0) is 17.2. The second-order valence-electron chi connectivity index (χ2n) is 5.23. The smallest absolute Gasteiger partial charge is 0.234 e. The monoisotopic (exact) mass is 340 g/mol. The first-order valence-electron chi connectivity index (χ1n) is 7.80. The Morgan fingerprint density at radius 3 is 2.75 bits per heavy atom. The maximum absolute atomic E-state index is 11.8. The molecule has 0 atom stereocenters. The summed E-state index contributed by atoms with van der Waals surface area (Å²) >= 11 is 1.63. The van der Waals surface area contributed by atoms with Gasteiger partial charge in [0, 0.05) is 5.69 Å². The van der Waals surface area contributed by atoms with Gasteiger partial charge < -0.3 is 10.1 Å². The third-order valence-electron chi connectivity index (χ3n) is 3.18. The van der Waals surface area contributed by atoms with Gasteiger partial charge in [-0.1, -0.05) is 19.1 Å². The molecule has 1 N–H and O–H groups in total. The minimum absolute atomic E-state index is 0.00966. The average molecular weight is 340 g/mol. The average Bonchev–Trinajstić information content (AvgIpc) is 2.61. The molecule has 2 rings (SSSR count). The third kappa shape index (κ3) is 5.98. The molecule has 0 bridgehead atoms. The Hall–Kier alpha value is -2.45. The lowest BCUT2D eigenvalue weighted by molar-refractivity contribution is -0.113. The maximum Gasteiger partial charge on any atom is 0.234 e. The van der Waals surface area contributed by atoms with E-state index in [2.05, 4.69) is 18.3 Å². The molecule has 0 spiro atoms. The molecule has 4 nitrogen and oxygen atoms in total. The highest BCUT2D eigenvalue weighted by Gasteiger charge is 2.03. The normalized spacial score (nSPS) is 10.0. The molecule has 2 aromatic carbocycles. The van der Waals surface area contributed by atoms with Crippen LogP contribution >= 0.6 is 11.8 Å². The van der Waals surface area contributed by atoms with Crippen LogP contribution in [0.4, 0.5) is 5.69 Å². The first kappa shape index (κ1) is 17.9. The van der Waals surface area contributed by atoms with E-state index in [1.54, 1.807) is 17.8 Å². The minimum Gasteiger partial charge on any atom is -0.489 e. The summed E-state index contributed by atoms with van der Waals surface area (Å²) in [5.41, 5.74) is 2.32. The Bertz CT molecular complexity index is 708. The number of anilines is 1. The number of nitrogens with one attached hydrogen (secondary N) is 1. The van der Waals surface area contributed by atoms with E-state index in [1.807, 2.05) is 42.5 Å². The van der Waals surface area contributed by atoms with E-state index in [0.29, 0.717) is 17.9 Å². The number of carbonyl (C=O) groups is 1. The van der Waals surface area contributed by atoms with Crippen LogP contribution in [-0.4, -0.2) is 17.4 Å². The SMILES string of the molecule is CCCSCC(=O)Nc1ccc(OCc2cccc(C#N)c2)cc1. The van der Waals surface area contributed by atoms with Gasteiger partial charge in [0.2, 0.25) is 5.91 Å². The van der Waals surface area contributed by atoms with Crippen LogP contribution in [0.1, 0.15) is 24.5 Å². The molecule has 0 radical (unpaired) electrons. The predicted octanol–water partition coefficient (Wildman–Crippen LogP) is 4.22. The van der Waals surface area contributed by atoms with E-state index < -0.39 is 0 Å². The lowest BCUT2D eigenvalue weighted by Crippen LogP contribution is -2.14. The fraction of sp³-hybridized carbons (Fsp3) is 0.263. The molecule has 124 valence electrons. The molecule has 0 saturated heterocycles. The molecule has 0 saturated carbocycles. The molecular weight excluding hydrogens is 320 g/mol. The standard InChI is InChI=1S/C19H20N2O2S/c1-2-10-24-14-19(22)21-17-6-8-18(9-7-17)23-13-16-5-3-4-15(11-16)12-20/h3-9,11H,2,10,13-14H2,1H3,(H,21,22). The van der Waals surface area contributed by atoms with Gasteiger partial charge in [0.25, 0.3) is 0 Å². The summed E-state index contributed by atoms with van der Waals surface area (Å²) < 4.78 is 5.70. The largest absolute Gasteiger partial charge is 0.489 e. The van der Waals surface area contributed by atoms with Crippen molar-refractivity contribution in [2.24, 2.45) is 0 Å². The van der Waals surface area contributed by atoms with Gasteiger partial charge in [-0.3, -0.25) is 4.79 Å². The van der Waals surface area contributed by atoms with Crippen LogP contribution in [-0.2, 0) is 11.4 Å². The van der Waals surface area contributed by atoms with Gasteiger partial charge in [0.05, 0.1) is 17.4 Å². The first-order chi connectivity index (χ1) is 11.7. The lowest BCUT2D eigenvalue weighted by Gasteiger charge is -2.08. The Morgan fingerprint density at radius 2 is 2.04 bits per heavy atom. The second-order valence-corrected chi connectivity index (χ2v) is 6.33. The molecule has 0 fully saturated rings. The van der Waals surface area contributed by atoms with Crippen molar-refractivity contribution >= 4 is 23.4 Å². The maximum atomic E-state index is 11.8. The van der Waals surface area contributed by atoms with E-state index >= 15 is 0 Å². The number of nitrogens with zero attached hydrogens (tertiary/aromatic N) is 1. The van der Waals surface area contributed by atoms with Crippen molar-refractivity contribution in [2.75, 3.05) is 16.8 Å². The minimum atomic E-state index is 0.00966. The van der Waals surface area contributed by atoms with Crippen molar-refractivity contribution in [3.05, 3.63) is 59.7 Å². The van der Waals surface area contributed by atoms with Crippen LogP contribution in [0.2, 0.25) is 0 Å². The van der Waals surface area contributed by atoms with Gasteiger partial charge in [-0.2, -0.15) is 17.0 Å². The van der Waals surface area contributed by atoms with Crippen molar-refractivity contribution in [3.8, 4) is 11.8 Å². The number of nitriles is 1. The topological polar surface area (TPSA) is 62.1 Å². The molecule has 24 heavy (non-hydrogen) atoms. The molecule has 0 aromatic heterocycles. The molecule has 0 aliphatic carbocycles. The summed E-state index contributed by atoms with van der Waals surface area (Å²) in [7, 11) is 0. The highest BCUT2D eigenvalue weighted by molar-refractivity contribution is 7.99. The molecule has 0 heterocycles. The van der Waals surface area contributed by atoms with Gasteiger partial charge in [0.1, 0.15) is 12.4 Å². The van der Waals surface area contributed by atoms with Gasteiger partial charge >= 0.3 is 0 Å². The van der Waals surface area contributed by atoms with Crippen molar-refractivity contribution in [1.29, 1.82) is 5.26 Å². The molecular formula is C19H20N2O2S. The molecule has 0 aliphatic rings. The number of carbonyl (C=O) groups excluding carboxylic acids is 1. The molecule has 0 aliphatic heterocycles. The Kier molecular flexibility index (Phi) is 7.19. The summed E-state index contributed by atoms with van der Waals surface area (Å²) in [6, 6.07) is 16.7. The van der Waals surface area contributed by atoms with Crippen molar-refractivity contribution in [1.82, 2.24) is 0 Å². The fourth-order valence-corrected chi connectivity index (χ4v) is 2.73. The fourth-order valence-electron chi connectivity index (χ4n) is 2.04. The molecule has 1 amide bonds. The quantitative estimate of drug-likeness (QED) is 0.731. The number of rotatable bonds is 8. The van der Waals surface area contributed by atoms with Gasteiger partial charge in [-0.05, 0) is 54.1 Å². The zero-order valence-electron chi connectivity index (χ0n) is 13.6. The van der Waals surface area contributed by atoms with Gasteiger partial charge in [-0.15, -0.1) is 0 Å². The van der Waals surface area contributed by atoms with E-state index in [1.165, 1.54) is 0 Å². The summed E-state index contributed by atoms with van der Waals surface area (Å²) in [4.78, 5) is 11.8. The predicted molar refractivity (Wildman–Crippen MR) is 98.2 cm³/mol. The summed E-state index contributed by atoms with van der Waals surface area (Å²) in [5, 5.41) is 11.8. The highest BCUT2D eigenvalue weighted by atomic mass is 32.2. The number of hydrogen-bond donors (Lipinski definition) is 1. The Labute approximate surface area is 146 Å². The van der Waals surface area contributed by atoms with E-state index in [-0.39, 0.29) is 5.91 Å². The molecule has 5 heteroatoms. The van der Waals surface area contributed by atoms with Crippen LogP contribution in [0.3, 0.4) is 0 Å². The molecule has 0 unspecified atom stereocenters. The summed E-state index contributed by atoms with van der Waals surface area (Å²) in [5.74, 6) is 2.19. The number of benzene rings is 2. The Balaban J connectivity index is 1.83. The molecule has 2 aromatic rings. The van der Waals surface area contributed by atoms with Gasteiger partial charge in [-0.25, -0.2) is 0 Å². The number of thioether (sulfide) groups is 1. The third-order valence-corrected chi connectivity index (χ3v) is 4.34. The highest BCUT2D eigenvalue weighted by Crippen LogP contribution is 2.18. The first-order valence-corrected chi connectivity index (χ1v) is 8.96. The summed E-state index contributed by atoms with van der Waals surface area (Å²) in [6.45, 7) is 2.50. The van der Waals surface area contributed by atoms with E-state index in [4.69, 9.17) is 10.00 Å². The van der Waals surface area contributed by atoms with Crippen LogP contribution < -0.4 is 10.1 Å². The Morgan fingerprint density at radius 1 is 1.25 bits per heavy atom. The zero-order valence-corrected chi connectivity index (χ0v) is 14.4. The van der Waals surface area contributed by atoms with Crippen LogP contribution in [0.15, 0.2) is 48.5 Å². The van der Waals surface area contributed by atoms with Crippen LogP contribution in [0.5, 0.6) is 5.75 Å². The van der Waals surface area contributed by atoms with Crippen molar-refractivity contribution < 1.29 is 9.53 Å². The van der Waals surface area contributed by atoms with Crippen LogP contribution in [0.25, 0.3) is 0 Å². The summed E-state index contributed by atoms with van der Waals surface area (Å²) in [6.07, 6.45) is 1.07. The lowest BCUT2D eigenvalue weighted by atomic mass is 10.1. The van der Waals surface area contributed by atoms with E-state index in [9.17, 15) is 4.79 Å².